The zero-order valence-electron chi connectivity index (χ0n) is 13.3. The summed E-state index contributed by atoms with van der Waals surface area (Å²) in [7, 11) is 2.05. The number of nitrogens with zero attached hydrogens (tertiary/aromatic N) is 2. The lowest BCUT2D eigenvalue weighted by atomic mass is 10.1. The van der Waals surface area contributed by atoms with Crippen molar-refractivity contribution in [2.45, 2.75) is 60.0 Å². The third-order valence-corrected chi connectivity index (χ3v) is 4.15. The van der Waals surface area contributed by atoms with E-state index in [9.17, 15) is 4.79 Å². The van der Waals surface area contributed by atoms with Crippen LogP contribution in [0, 0.1) is 13.8 Å². The van der Waals surface area contributed by atoms with Gasteiger partial charge in [0.2, 0.25) is 0 Å². The summed E-state index contributed by atoms with van der Waals surface area (Å²) in [6.45, 7) is 12.0. The molecule has 1 aromatic heterocycles. The Morgan fingerprint density at radius 1 is 1.26 bits per heavy atom. The van der Waals surface area contributed by atoms with E-state index >= 15 is 0 Å². The molecule has 1 rings (SSSR count). The van der Waals surface area contributed by atoms with E-state index in [1.165, 1.54) is 5.69 Å². The molecule has 0 aliphatic carbocycles. The second-order valence-electron chi connectivity index (χ2n) is 5.34. The van der Waals surface area contributed by atoms with Gasteiger partial charge in [0.25, 0.3) is 0 Å². The molecule has 3 heteroatoms. The lowest BCUT2D eigenvalue weighted by Crippen LogP contribution is -2.35. The van der Waals surface area contributed by atoms with E-state index in [1.54, 1.807) is 0 Å². The van der Waals surface area contributed by atoms with Gasteiger partial charge >= 0.3 is 0 Å². The third-order valence-electron chi connectivity index (χ3n) is 4.15. The maximum Gasteiger partial charge on any atom is 0.178 e. The number of rotatable bonds is 7. The second kappa shape index (κ2) is 6.90. The number of likely N-dealkylation sites (N-methyl/N-ethyl adjacent to an activating group) is 1. The van der Waals surface area contributed by atoms with Crippen molar-refractivity contribution in [2.75, 3.05) is 13.6 Å². The van der Waals surface area contributed by atoms with Crippen LogP contribution in [-0.2, 0) is 6.54 Å². The molecule has 0 aliphatic rings. The van der Waals surface area contributed by atoms with Gasteiger partial charge in [0.1, 0.15) is 0 Å². The first-order valence-electron chi connectivity index (χ1n) is 7.36. The normalized spacial score (nSPS) is 11.6. The summed E-state index contributed by atoms with van der Waals surface area (Å²) in [5.41, 5.74) is 3.16. The number of hydrogen-bond donors (Lipinski definition) is 0. The predicted molar refractivity (Wildman–Crippen MR) is 80.9 cm³/mol. The van der Waals surface area contributed by atoms with Gasteiger partial charge in [-0.1, -0.05) is 13.8 Å². The molecule has 0 bridgehead atoms. The highest BCUT2D eigenvalue weighted by molar-refractivity contribution is 5.99. The molecule has 0 spiro atoms. The Morgan fingerprint density at radius 3 is 2.26 bits per heavy atom. The first-order chi connectivity index (χ1) is 8.96. The first-order valence-corrected chi connectivity index (χ1v) is 7.36. The molecule has 0 fully saturated rings. The van der Waals surface area contributed by atoms with Crippen LogP contribution in [-0.4, -0.2) is 34.9 Å². The van der Waals surface area contributed by atoms with Crippen molar-refractivity contribution in [3.05, 3.63) is 23.0 Å². The summed E-state index contributed by atoms with van der Waals surface area (Å²) in [6, 6.07) is 2.53. The van der Waals surface area contributed by atoms with Crippen LogP contribution < -0.4 is 0 Å². The summed E-state index contributed by atoms with van der Waals surface area (Å²) in [6.07, 6.45) is 2.18. The van der Waals surface area contributed by atoms with Crippen molar-refractivity contribution in [1.82, 2.24) is 9.47 Å². The summed E-state index contributed by atoms with van der Waals surface area (Å²) < 4.78 is 2.20. The molecule has 0 unspecified atom stereocenters. The number of carbonyl (C=O) groups is 1. The topological polar surface area (TPSA) is 25.2 Å². The van der Waals surface area contributed by atoms with Crippen LogP contribution in [0.2, 0.25) is 0 Å². The number of ketones is 1. The molecule has 0 aromatic carbocycles. The van der Waals surface area contributed by atoms with Gasteiger partial charge in [-0.3, -0.25) is 9.69 Å². The zero-order chi connectivity index (χ0) is 14.6. The van der Waals surface area contributed by atoms with E-state index in [0.29, 0.717) is 12.6 Å². The molecule has 0 atom stereocenters. The van der Waals surface area contributed by atoms with Gasteiger partial charge < -0.3 is 4.57 Å². The van der Waals surface area contributed by atoms with Crippen LogP contribution in [0.1, 0.15) is 55.4 Å². The van der Waals surface area contributed by atoms with Crippen LogP contribution in [0.15, 0.2) is 6.07 Å². The molecule has 3 nitrogen and oxygen atoms in total. The van der Waals surface area contributed by atoms with Crippen molar-refractivity contribution >= 4 is 5.78 Å². The summed E-state index contributed by atoms with van der Waals surface area (Å²) in [5.74, 6) is 0.238. The number of aryl methyl sites for hydroxylation is 1. The first kappa shape index (κ1) is 16.0. The lowest BCUT2D eigenvalue weighted by molar-refractivity contribution is 0.0915. The number of hydrogen-bond acceptors (Lipinski definition) is 2. The second-order valence-corrected chi connectivity index (χ2v) is 5.34. The Bertz CT molecular complexity index is 430. The number of Topliss-reactive ketones (excluding diaryl/α,β-unsaturated/α-hetero) is 1. The fourth-order valence-corrected chi connectivity index (χ4v) is 2.92. The number of aromatic nitrogens is 1. The van der Waals surface area contributed by atoms with Crippen molar-refractivity contribution in [1.29, 1.82) is 0 Å². The highest BCUT2D eigenvalue weighted by Crippen LogP contribution is 2.17. The Hall–Kier alpha value is -1.09. The standard InChI is InChI=1S/C16H28N2O/c1-7-14(8-2)17(6)11-16(19)15-10-12(4)18(9-3)13(15)5/h10,14H,7-9,11H2,1-6H3. The molecule has 0 N–H and O–H groups in total. The fraction of sp³-hybridized carbons (Fsp3) is 0.688. The molecule has 19 heavy (non-hydrogen) atoms. The highest BCUT2D eigenvalue weighted by atomic mass is 16.1. The van der Waals surface area contributed by atoms with Gasteiger partial charge in [-0.15, -0.1) is 0 Å². The molecule has 0 amide bonds. The average molecular weight is 264 g/mol. The lowest BCUT2D eigenvalue weighted by Gasteiger charge is -2.25. The minimum atomic E-state index is 0.238. The Balaban J connectivity index is 2.84. The molecule has 1 heterocycles. The van der Waals surface area contributed by atoms with E-state index in [2.05, 4.69) is 44.2 Å². The summed E-state index contributed by atoms with van der Waals surface area (Å²) in [5, 5.41) is 0. The molecule has 0 aliphatic heterocycles. The monoisotopic (exact) mass is 264 g/mol. The Morgan fingerprint density at radius 2 is 1.84 bits per heavy atom. The zero-order valence-corrected chi connectivity index (χ0v) is 13.3. The van der Waals surface area contributed by atoms with Gasteiger partial charge in [-0.05, 0) is 46.7 Å². The van der Waals surface area contributed by atoms with Crippen molar-refractivity contribution < 1.29 is 4.79 Å². The van der Waals surface area contributed by atoms with E-state index in [4.69, 9.17) is 0 Å². The third kappa shape index (κ3) is 3.47. The molecule has 1 aromatic rings. The van der Waals surface area contributed by atoms with Gasteiger partial charge in [-0.25, -0.2) is 0 Å². The smallest absolute Gasteiger partial charge is 0.178 e. The van der Waals surface area contributed by atoms with Crippen LogP contribution in [0.25, 0.3) is 0 Å². The van der Waals surface area contributed by atoms with Crippen molar-refractivity contribution in [2.24, 2.45) is 0 Å². The molecule has 0 saturated heterocycles. The van der Waals surface area contributed by atoms with Crippen LogP contribution in [0.5, 0.6) is 0 Å². The SMILES string of the molecule is CCC(CC)N(C)CC(=O)c1cc(C)n(CC)c1C. The van der Waals surface area contributed by atoms with E-state index in [1.807, 2.05) is 13.0 Å². The molecule has 0 radical (unpaired) electrons. The quantitative estimate of drug-likeness (QED) is 0.705. The minimum Gasteiger partial charge on any atom is -0.349 e. The van der Waals surface area contributed by atoms with E-state index in [0.717, 1.165) is 30.6 Å². The average Bonchev–Trinajstić information content (AvgIpc) is 2.65. The van der Waals surface area contributed by atoms with Gasteiger partial charge in [0.05, 0.1) is 6.54 Å². The number of carbonyl (C=O) groups excluding carboxylic acids is 1. The van der Waals surface area contributed by atoms with Crippen LogP contribution in [0.4, 0.5) is 0 Å². The molecular formula is C16H28N2O. The van der Waals surface area contributed by atoms with Crippen LogP contribution in [0.3, 0.4) is 0 Å². The van der Waals surface area contributed by atoms with Gasteiger partial charge in [0.15, 0.2) is 5.78 Å². The van der Waals surface area contributed by atoms with E-state index in [-0.39, 0.29) is 5.78 Å². The Labute approximate surface area is 117 Å². The fourth-order valence-electron chi connectivity index (χ4n) is 2.92. The minimum absolute atomic E-state index is 0.238. The molecular weight excluding hydrogens is 236 g/mol. The molecule has 108 valence electrons. The maximum absolute atomic E-state index is 12.4. The van der Waals surface area contributed by atoms with E-state index < -0.39 is 0 Å². The van der Waals surface area contributed by atoms with Crippen molar-refractivity contribution in [3.8, 4) is 0 Å². The predicted octanol–water partition coefficient (Wildman–Crippen LogP) is 3.43. The van der Waals surface area contributed by atoms with Crippen LogP contribution >= 0.6 is 0 Å². The summed E-state index contributed by atoms with van der Waals surface area (Å²) in [4.78, 5) is 14.6. The van der Waals surface area contributed by atoms with Gasteiger partial charge in [-0.2, -0.15) is 0 Å². The van der Waals surface area contributed by atoms with Gasteiger partial charge in [0, 0.05) is 29.5 Å². The largest absolute Gasteiger partial charge is 0.349 e. The van der Waals surface area contributed by atoms with Crippen molar-refractivity contribution in [3.63, 3.8) is 0 Å². The molecule has 0 saturated carbocycles. The summed E-state index contributed by atoms with van der Waals surface area (Å²) >= 11 is 0. The Kier molecular flexibility index (Phi) is 5.80. The highest BCUT2D eigenvalue weighted by Gasteiger charge is 2.19. The maximum atomic E-state index is 12.4.